The smallest absolute Gasteiger partial charge is 0.144 e. The molecule has 26 heavy (non-hydrogen) atoms. The maximum atomic E-state index is 4.72. The van der Waals surface area contributed by atoms with Crippen LogP contribution in [0.2, 0.25) is 0 Å². The van der Waals surface area contributed by atoms with E-state index >= 15 is 0 Å². The van der Waals surface area contributed by atoms with Gasteiger partial charge in [0.25, 0.3) is 0 Å². The van der Waals surface area contributed by atoms with E-state index in [1.165, 1.54) is 11.3 Å². The molecule has 1 aromatic carbocycles. The van der Waals surface area contributed by atoms with E-state index in [1.54, 1.807) is 18.6 Å². The van der Waals surface area contributed by atoms with Gasteiger partial charge < -0.3 is 5.32 Å². The lowest BCUT2D eigenvalue weighted by Gasteiger charge is -2.30. The number of benzene rings is 1. The molecule has 0 unspecified atom stereocenters. The van der Waals surface area contributed by atoms with E-state index in [9.17, 15) is 0 Å². The first-order valence-corrected chi connectivity index (χ1v) is 9.11. The molecule has 0 spiro atoms. The molecule has 1 atom stereocenters. The Balaban J connectivity index is 1.36. The molecular formula is C20H24N6. The molecule has 134 valence electrons. The summed E-state index contributed by atoms with van der Waals surface area (Å²) in [4.78, 5) is 10.8. The Morgan fingerprint density at radius 3 is 2.85 bits per heavy atom. The summed E-state index contributed by atoms with van der Waals surface area (Å²) in [7, 11) is 0. The van der Waals surface area contributed by atoms with Crippen molar-refractivity contribution in [2.45, 2.75) is 32.5 Å². The Kier molecular flexibility index (Phi) is 4.93. The fourth-order valence-corrected chi connectivity index (χ4v) is 3.47. The highest BCUT2D eigenvalue weighted by molar-refractivity contribution is 5.31. The molecule has 0 bridgehead atoms. The van der Waals surface area contributed by atoms with Crippen LogP contribution in [0.15, 0.2) is 55.0 Å². The number of rotatable bonds is 6. The average molecular weight is 348 g/mol. The van der Waals surface area contributed by atoms with Gasteiger partial charge in [-0.3, -0.25) is 14.6 Å². The van der Waals surface area contributed by atoms with Crippen molar-refractivity contribution < 1.29 is 0 Å². The fraction of sp³-hybridized carbons (Fsp3) is 0.350. The van der Waals surface area contributed by atoms with Gasteiger partial charge in [0.15, 0.2) is 0 Å². The van der Waals surface area contributed by atoms with E-state index < -0.39 is 0 Å². The van der Waals surface area contributed by atoms with Gasteiger partial charge in [-0.1, -0.05) is 37.3 Å². The third-order valence-corrected chi connectivity index (χ3v) is 4.84. The number of fused-ring (bicyclic) bond motifs is 1. The first kappa shape index (κ1) is 16.7. The van der Waals surface area contributed by atoms with Crippen LogP contribution in [0.3, 0.4) is 0 Å². The van der Waals surface area contributed by atoms with Gasteiger partial charge in [-0.2, -0.15) is 5.10 Å². The van der Waals surface area contributed by atoms with Crippen LogP contribution in [0.1, 0.15) is 29.8 Å². The Morgan fingerprint density at radius 2 is 2.04 bits per heavy atom. The van der Waals surface area contributed by atoms with Crippen LogP contribution in [-0.2, 0) is 19.6 Å². The quantitative estimate of drug-likeness (QED) is 0.742. The average Bonchev–Trinajstić information content (AvgIpc) is 3.10. The molecule has 0 radical (unpaired) electrons. The molecule has 6 heteroatoms. The molecular weight excluding hydrogens is 324 g/mol. The van der Waals surface area contributed by atoms with Crippen LogP contribution in [0.4, 0.5) is 5.82 Å². The van der Waals surface area contributed by atoms with Crippen molar-refractivity contribution in [3.8, 4) is 0 Å². The molecule has 0 saturated heterocycles. The zero-order valence-corrected chi connectivity index (χ0v) is 15.0. The van der Waals surface area contributed by atoms with E-state index in [1.807, 2.05) is 0 Å². The van der Waals surface area contributed by atoms with Crippen LogP contribution < -0.4 is 5.32 Å². The summed E-state index contributed by atoms with van der Waals surface area (Å²) in [5.41, 5.74) is 3.73. The highest BCUT2D eigenvalue weighted by Gasteiger charge is 2.20. The largest absolute Gasteiger partial charge is 0.363 e. The zero-order valence-electron chi connectivity index (χ0n) is 15.0. The van der Waals surface area contributed by atoms with E-state index in [0.29, 0.717) is 12.5 Å². The maximum Gasteiger partial charge on any atom is 0.144 e. The molecule has 1 N–H and O–H groups in total. The van der Waals surface area contributed by atoms with E-state index in [-0.39, 0.29) is 0 Å². The van der Waals surface area contributed by atoms with Crippen molar-refractivity contribution in [3.63, 3.8) is 0 Å². The number of nitrogens with one attached hydrogen (secondary N) is 1. The van der Waals surface area contributed by atoms with Crippen LogP contribution in [0.25, 0.3) is 0 Å². The summed E-state index contributed by atoms with van der Waals surface area (Å²) in [6.45, 7) is 6.99. The fourth-order valence-electron chi connectivity index (χ4n) is 3.47. The highest BCUT2D eigenvalue weighted by Crippen LogP contribution is 2.20. The lowest BCUT2D eigenvalue weighted by atomic mass is 10.0. The Bertz CT molecular complexity index is 830. The van der Waals surface area contributed by atoms with Gasteiger partial charge in [0.2, 0.25) is 0 Å². The number of anilines is 1. The first-order chi connectivity index (χ1) is 12.8. The third kappa shape index (κ3) is 3.91. The lowest BCUT2D eigenvalue weighted by Crippen LogP contribution is -2.36. The van der Waals surface area contributed by atoms with Gasteiger partial charge in [-0.05, 0) is 17.5 Å². The molecule has 4 rings (SSSR count). The predicted octanol–water partition coefficient (Wildman–Crippen LogP) is 2.90. The molecule has 1 aliphatic rings. The SMILES string of the molecule is C[C@H](CN1CCn2nc(CNc3cnccn3)cc2C1)c1ccccc1. The third-order valence-electron chi connectivity index (χ3n) is 4.84. The monoisotopic (exact) mass is 348 g/mol. The molecule has 6 nitrogen and oxygen atoms in total. The van der Waals surface area contributed by atoms with Crippen LogP contribution >= 0.6 is 0 Å². The van der Waals surface area contributed by atoms with Gasteiger partial charge in [0.1, 0.15) is 5.82 Å². The van der Waals surface area contributed by atoms with Crippen molar-refractivity contribution in [2.75, 3.05) is 18.4 Å². The van der Waals surface area contributed by atoms with Gasteiger partial charge >= 0.3 is 0 Å². The van der Waals surface area contributed by atoms with Gasteiger partial charge in [0, 0.05) is 32.0 Å². The van der Waals surface area contributed by atoms with E-state index in [0.717, 1.165) is 37.7 Å². The number of aromatic nitrogens is 4. The number of hydrogen-bond donors (Lipinski definition) is 1. The number of hydrogen-bond acceptors (Lipinski definition) is 5. The molecule has 0 fully saturated rings. The lowest BCUT2D eigenvalue weighted by molar-refractivity contribution is 0.204. The van der Waals surface area contributed by atoms with Crippen molar-refractivity contribution >= 4 is 5.82 Å². The standard InChI is InChI=1S/C20H24N6/c1-16(17-5-3-2-4-6-17)14-25-9-10-26-19(15-25)11-18(24-26)12-23-20-13-21-7-8-22-20/h2-8,11,13,16H,9-10,12,14-15H2,1H3,(H,22,23)/t16-/m1/s1. The normalized spacial score (nSPS) is 15.4. The molecule has 3 heterocycles. The van der Waals surface area contributed by atoms with E-state index in [2.05, 4.69) is 68.2 Å². The summed E-state index contributed by atoms with van der Waals surface area (Å²) >= 11 is 0. The Labute approximate surface area is 153 Å². The minimum Gasteiger partial charge on any atom is -0.363 e. The Hall–Kier alpha value is -2.73. The zero-order chi connectivity index (χ0) is 17.8. The second-order valence-corrected chi connectivity index (χ2v) is 6.84. The van der Waals surface area contributed by atoms with Crippen molar-refractivity contribution in [2.24, 2.45) is 0 Å². The molecule has 0 aliphatic carbocycles. The summed E-state index contributed by atoms with van der Waals surface area (Å²) in [5.74, 6) is 1.31. The minimum absolute atomic E-state index is 0.531. The summed E-state index contributed by atoms with van der Waals surface area (Å²) < 4.78 is 2.14. The first-order valence-electron chi connectivity index (χ1n) is 9.11. The van der Waals surface area contributed by atoms with E-state index in [4.69, 9.17) is 5.10 Å². The van der Waals surface area contributed by atoms with Crippen molar-refractivity contribution in [1.82, 2.24) is 24.6 Å². The maximum absolute atomic E-state index is 4.72. The van der Waals surface area contributed by atoms with Crippen molar-refractivity contribution in [3.05, 3.63) is 71.9 Å². The summed E-state index contributed by atoms with van der Waals surface area (Å²) in [6.07, 6.45) is 5.08. The van der Waals surface area contributed by atoms with Crippen LogP contribution in [0.5, 0.6) is 0 Å². The summed E-state index contributed by atoms with van der Waals surface area (Å²) in [6, 6.07) is 12.9. The van der Waals surface area contributed by atoms with Crippen molar-refractivity contribution in [1.29, 1.82) is 0 Å². The van der Waals surface area contributed by atoms with Gasteiger partial charge in [0.05, 0.1) is 30.7 Å². The second kappa shape index (κ2) is 7.66. The molecule has 1 aliphatic heterocycles. The topological polar surface area (TPSA) is 58.9 Å². The van der Waals surface area contributed by atoms with Gasteiger partial charge in [-0.25, -0.2) is 4.98 Å². The Morgan fingerprint density at radius 1 is 1.15 bits per heavy atom. The molecule has 0 amide bonds. The van der Waals surface area contributed by atoms with Crippen LogP contribution in [0, 0.1) is 0 Å². The molecule has 2 aromatic heterocycles. The minimum atomic E-state index is 0.531. The number of nitrogens with zero attached hydrogens (tertiary/aromatic N) is 5. The molecule has 3 aromatic rings. The summed E-state index contributed by atoms with van der Waals surface area (Å²) in [5, 5.41) is 7.99. The second-order valence-electron chi connectivity index (χ2n) is 6.84. The van der Waals surface area contributed by atoms with Crippen LogP contribution in [-0.4, -0.2) is 37.7 Å². The molecule has 0 saturated carbocycles. The van der Waals surface area contributed by atoms with Gasteiger partial charge in [-0.15, -0.1) is 0 Å². The predicted molar refractivity (Wildman–Crippen MR) is 102 cm³/mol. The highest BCUT2D eigenvalue weighted by atomic mass is 15.3.